The molecule has 2 N–H and O–H groups in total. The van der Waals surface area contributed by atoms with Gasteiger partial charge >= 0.3 is 12.4 Å². The van der Waals surface area contributed by atoms with Gasteiger partial charge in [0.05, 0.1) is 16.9 Å². The van der Waals surface area contributed by atoms with E-state index < -0.39 is 62.3 Å². The predicted octanol–water partition coefficient (Wildman–Crippen LogP) is 3.15. The zero-order valence-corrected chi connectivity index (χ0v) is 15.1. The van der Waals surface area contributed by atoms with Crippen molar-refractivity contribution in [2.75, 3.05) is 5.75 Å². The number of amides is 1. The first-order chi connectivity index (χ1) is 12.2. The third-order valence-electron chi connectivity index (χ3n) is 3.66. The standard InChI is InChI=1S/C14H14F6N2O3S2/c15-13(16,17)9-1-4-11(14(18,19)20)8(5-9)6-22(10-2-3-10)27(24,25)26-7-12(21)23/h1,4-5,10H,2-3,6-7H2,(H2,21,23). The molecule has 1 fully saturated rings. The van der Waals surface area contributed by atoms with Gasteiger partial charge in [-0.2, -0.15) is 30.6 Å². The van der Waals surface area contributed by atoms with Crippen LogP contribution < -0.4 is 5.73 Å². The number of nitrogens with zero attached hydrogens (tertiary/aromatic N) is 1. The third kappa shape index (κ3) is 5.75. The van der Waals surface area contributed by atoms with Crippen molar-refractivity contribution in [1.82, 2.24) is 4.31 Å². The van der Waals surface area contributed by atoms with E-state index >= 15 is 0 Å². The largest absolute Gasteiger partial charge is 0.416 e. The van der Waals surface area contributed by atoms with Crippen molar-refractivity contribution in [3.63, 3.8) is 0 Å². The molecule has 0 radical (unpaired) electrons. The molecule has 0 saturated heterocycles. The first-order valence-corrected chi connectivity index (χ1v) is 10.4. The van der Waals surface area contributed by atoms with Crippen LogP contribution >= 0.6 is 10.8 Å². The lowest BCUT2D eigenvalue weighted by atomic mass is 10.0. The van der Waals surface area contributed by atoms with E-state index in [0.717, 1.165) is 0 Å². The average molecular weight is 436 g/mol. The Bertz CT molecular complexity index is 819. The van der Waals surface area contributed by atoms with Crippen molar-refractivity contribution in [3.8, 4) is 0 Å². The number of primary amides is 1. The van der Waals surface area contributed by atoms with Crippen molar-refractivity contribution in [2.24, 2.45) is 5.73 Å². The molecule has 0 heterocycles. The van der Waals surface area contributed by atoms with Crippen LogP contribution in [0.5, 0.6) is 0 Å². The molecule has 0 aliphatic heterocycles. The topological polar surface area (TPSA) is 80.5 Å². The van der Waals surface area contributed by atoms with Gasteiger partial charge < -0.3 is 5.73 Å². The molecule has 0 atom stereocenters. The van der Waals surface area contributed by atoms with Crippen molar-refractivity contribution in [2.45, 2.75) is 37.8 Å². The van der Waals surface area contributed by atoms with Gasteiger partial charge in [0.2, 0.25) is 5.91 Å². The molecule has 0 bridgehead atoms. The second kappa shape index (κ2) is 7.51. The molecule has 1 aromatic carbocycles. The maximum absolute atomic E-state index is 13.2. The fourth-order valence-electron chi connectivity index (χ4n) is 2.30. The van der Waals surface area contributed by atoms with E-state index in [9.17, 15) is 39.6 Å². The summed E-state index contributed by atoms with van der Waals surface area (Å²) in [6.07, 6.45) is -9.13. The fourth-order valence-corrected chi connectivity index (χ4v) is 5.30. The molecule has 0 aromatic heterocycles. The second-order valence-electron chi connectivity index (χ2n) is 5.83. The molecule has 5 nitrogen and oxygen atoms in total. The Morgan fingerprint density at radius 3 is 2.19 bits per heavy atom. The van der Waals surface area contributed by atoms with E-state index in [-0.39, 0.29) is 16.9 Å². The van der Waals surface area contributed by atoms with Gasteiger partial charge in [0, 0.05) is 12.6 Å². The minimum Gasteiger partial charge on any atom is -0.369 e. The number of benzene rings is 1. The Labute approximate surface area is 154 Å². The Balaban J connectivity index is 2.43. The molecule has 1 aliphatic rings. The number of rotatable bonds is 7. The highest BCUT2D eigenvalue weighted by Gasteiger charge is 2.41. The molecular weight excluding hydrogens is 422 g/mol. The van der Waals surface area contributed by atoms with E-state index in [1.54, 1.807) is 0 Å². The maximum Gasteiger partial charge on any atom is 0.416 e. The Kier molecular flexibility index (Phi) is 6.07. The van der Waals surface area contributed by atoms with Crippen LogP contribution in [0.4, 0.5) is 26.3 Å². The van der Waals surface area contributed by atoms with E-state index in [1.165, 1.54) is 0 Å². The number of carbonyl (C=O) groups excluding carboxylic acids is 1. The molecule has 2 rings (SSSR count). The number of carbonyl (C=O) groups is 1. The molecule has 1 saturated carbocycles. The van der Waals surface area contributed by atoms with Crippen molar-refractivity contribution in [3.05, 3.63) is 34.9 Å². The lowest BCUT2D eigenvalue weighted by Gasteiger charge is -2.23. The quantitative estimate of drug-likeness (QED) is 0.526. The summed E-state index contributed by atoms with van der Waals surface area (Å²) in [5.74, 6) is -1.57. The van der Waals surface area contributed by atoms with Crippen LogP contribution in [-0.4, -0.2) is 30.4 Å². The predicted molar refractivity (Wildman–Crippen MR) is 85.6 cm³/mol. The van der Waals surface area contributed by atoms with Crippen LogP contribution in [-0.2, 0) is 32.7 Å². The zero-order chi connectivity index (χ0) is 20.6. The highest BCUT2D eigenvalue weighted by molar-refractivity contribution is 8.71. The van der Waals surface area contributed by atoms with Crippen molar-refractivity contribution >= 4 is 25.8 Å². The summed E-state index contributed by atoms with van der Waals surface area (Å²) in [5.41, 5.74) is 1.40. The summed E-state index contributed by atoms with van der Waals surface area (Å²) < 4.78 is 104. The summed E-state index contributed by atoms with van der Waals surface area (Å²) >= 11 is 0. The molecule has 0 spiro atoms. The van der Waals surface area contributed by atoms with Crippen LogP contribution in [0.25, 0.3) is 0 Å². The van der Waals surface area contributed by atoms with E-state index in [2.05, 4.69) is 0 Å². The minimum atomic E-state index is -4.96. The molecule has 152 valence electrons. The molecular formula is C14H14F6N2O3S2. The van der Waals surface area contributed by atoms with Crippen LogP contribution in [0.1, 0.15) is 29.5 Å². The van der Waals surface area contributed by atoms with Gasteiger partial charge in [0.15, 0.2) is 0 Å². The van der Waals surface area contributed by atoms with Gasteiger partial charge in [-0.3, -0.25) is 4.79 Å². The monoisotopic (exact) mass is 436 g/mol. The lowest BCUT2D eigenvalue weighted by Crippen LogP contribution is -2.32. The molecule has 1 aliphatic carbocycles. The van der Waals surface area contributed by atoms with Crippen molar-refractivity contribution in [1.29, 1.82) is 0 Å². The van der Waals surface area contributed by atoms with E-state index in [1.807, 2.05) is 0 Å². The van der Waals surface area contributed by atoms with E-state index in [0.29, 0.717) is 29.3 Å². The van der Waals surface area contributed by atoms with Crippen LogP contribution in [0.2, 0.25) is 0 Å². The number of alkyl halides is 6. The Morgan fingerprint density at radius 1 is 1.15 bits per heavy atom. The first-order valence-electron chi connectivity index (χ1n) is 7.43. The molecule has 13 heteroatoms. The molecule has 0 unspecified atom stereocenters. The summed E-state index contributed by atoms with van der Waals surface area (Å²) in [6, 6.07) is 0.245. The average Bonchev–Trinajstić information content (AvgIpc) is 3.33. The number of nitrogens with two attached hydrogens (primary N) is 1. The van der Waals surface area contributed by atoms with Gasteiger partial charge in [-0.1, -0.05) is 0 Å². The SMILES string of the molecule is NC(=O)CSS(=O)(=O)N(Cc1cc(C(F)(F)F)ccc1C(F)(F)F)C1CC1. The van der Waals surface area contributed by atoms with Crippen LogP contribution in [0.15, 0.2) is 18.2 Å². The Morgan fingerprint density at radius 2 is 1.74 bits per heavy atom. The summed E-state index contributed by atoms with van der Waals surface area (Å²) in [7, 11) is -4.14. The van der Waals surface area contributed by atoms with Crippen LogP contribution in [0, 0.1) is 0 Å². The van der Waals surface area contributed by atoms with Gasteiger partial charge in [0.1, 0.15) is 0 Å². The van der Waals surface area contributed by atoms with E-state index in [4.69, 9.17) is 5.73 Å². The number of hydrogen-bond acceptors (Lipinski definition) is 4. The maximum atomic E-state index is 13.2. The summed E-state index contributed by atoms with van der Waals surface area (Å²) in [5, 5.41) is 0. The fraction of sp³-hybridized carbons (Fsp3) is 0.500. The normalized spacial score (nSPS) is 16.0. The molecule has 1 aromatic rings. The van der Waals surface area contributed by atoms with Gasteiger partial charge in [0.25, 0.3) is 9.06 Å². The van der Waals surface area contributed by atoms with Crippen molar-refractivity contribution < 1.29 is 39.6 Å². The number of hydrogen-bond donors (Lipinski definition) is 1. The number of halogens is 6. The van der Waals surface area contributed by atoms with Gasteiger partial charge in [-0.15, -0.1) is 0 Å². The molecule has 27 heavy (non-hydrogen) atoms. The Hall–Kier alpha value is -1.47. The highest BCUT2D eigenvalue weighted by Crippen LogP contribution is 2.40. The smallest absolute Gasteiger partial charge is 0.369 e. The molecule has 1 amide bonds. The zero-order valence-electron chi connectivity index (χ0n) is 13.5. The summed E-state index contributed by atoms with van der Waals surface area (Å²) in [6.45, 7) is -0.891. The van der Waals surface area contributed by atoms with Gasteiger partial charge in [-0.05, 0) is 47.4 Å². The first kappa shape index (κ1) is 21.8. The minimum absolute atomic E-state index is 0.126. The summed E-state index contributed by atoms with van der Waals surface area (Å²) in [4.78, 5) is 10.8. The third-order valence-corrected chi connectivity index (χ3v) is 7.18. The lowest BCUT2D eigenvalue weighted by molar-refractivity contribution is -0.142. The second-order valence-corrected chi connectivity index (χ2v) is 9.65. The van der Waals surface area contributed by atoms with Gasteiger partial charge in [-0.25, -0.2) is 8.42 Å². The highest BCUT2D eigenvalue weighted by atomic mass is 33.1. The van der Waals surface area contributed by atoms with Crippen LogP contribution in [0.3, 0.4) is 0 Å².